The summed E-state index contributed by atoms with van der Waals surface area (Å²) in [5.41, 5.74) is 0. The molecular weight excluding hydrogens is 266 g/mol. The van der Waals surface area contributed by atoms with Crippen molar-refractivity contribution in [2.24, 2.45) is 0 Å². The fourth-order valence-electron chi connectivity index (χ4n) is 2.88. The number of aryl methyl sites for hydroxylation is 1. The number of nitrogens with zero attached hydrogens (tertiary/aromatic N) is 4. The number of aromatic nitrogens is 3. The van der Waals surface area contributed by atoms with Gasteiger partial charge in [0.2, 0.25) is 5.91 Å². The van der Waals surface area contributed by atoms with E-state index in [-0.39, 0.29) is 11.9 Å². The van der Waals surface area contributed by atoms with Gasteiger partial charge in [-0.05, 0) is 52.7 Å². The van der Waals surface area contributed by atoms with Gasteiger partial charge in [0.1, 0.15) is 12.2 Å². The SMILES string of the molecule is CCn1ncnc1[C@H](C)NC(=O)CCCN1CCCCC1. The molecule has 1 aliphatic heterocycles. The lowest BCUT2D eigenvalue weighted by Gasteiger charge is -2.26. The van der Waals surface area contributed by atoms with Crippen LogP contribution in [0.5, 0.6) is 0 Å². The predicted molar refractivity (Wildman–Crippen MR) is 81.8 cm³/mol. The van der Waals surface area contributed by atoms with E-state index in [1.807, 2.05) is 18.5 Å². The van der Waals surface area contributed by atoms with Crippen molar-refractivity contribution in [1.82, 2.24) is 25.0 Å². The highest BCUT2D eigenvalue weighted by molar-refractivity contribution is 5.76. The average Bonchev–Trinajstić information content (AvgIpc) is 2.97. The number of nitrogens with one attached hydrogen (secondary N) is 1. The zero-order chi connectivity index (χ0) is 15.1. The fraction of sp³-hybridized carbons (Fsp3) is 0.800. The maximum absolute atomic E-state index is 12.0. The molecule has 0 unspecified atom stereocenters. The molecule has 1 aromatic heterocycles. The second-order valence-corrected chi connectivity index (χ2v) is 5.73. The van der Waals surface area contributed by atoms with Crippen LogP contribution in [0.3, 0.4) is 0 Å². The molecular formula is C15H27N5O. The summed E-state index contributed by atoms with van der Waals surface area (Å²) < 4.78 is 1.82. The van der Waals surface area contributed by atoms with Crippen LogP contribution in [0.25, 0.3) is 0 Å². The maximum Gasteiger partial charge on any atom is 0.220 e. The number of amides is 1. The van der Waals surface area contributed by atoms with Gasteiger partial charge in [0.25, 0.3) is 0 Å². The van der Waals surface area contributed by atoms with Crippen LogP contribution in [-0.4, -0.2) is 45.2 Å². The van der Waals surface area contributed by atoms with E-state index in [1.165, 1.54) is 38.7 Å². The molecule has 0 saturated carbocycles. The molecule has 0 aromatic carbocycles. The Morgan fingerprint density at radius 3 is 2.86 bits per heavy atom. The number of carbonyl (C=O) groups is 1. The number of carbonyl (C=O) groups excluding carboxylic acids is 1. The molecule has 1 atom stereocenters. The highest BCUT2D eigenvalue weighted by Gasteiger charge is 2.15. The quantitative estimate of drug-likeness (QED) is 0.832. The van der Waals surface area contributed by atoms with E-state index in [0.717, 1.165) is 25.3 Å². The van der Waals surface area contributed by atoms with Crippen LogP contribution in [0, 0.1) is 0 Å². The van der Waals surface area contributed by atoms with Crippen LogP contribution in [0.15, 0.2) is 6.33 Å². The van der Waals surface area contributed by atoms with Crippen molar-refractivity contribution >= 4 is 5.91 Å². The van der Waals surface area contributed by atoms with E-state index in [9.17, 15) is 4.79 Å². The Morgan fingerprint density at radius 1 is 1.38 bits per heavy atom. The molecule has 1 saturated heterocycles. The third-order valence-corrected chi connectivity index (χ3v) is 4.04. The van der Waals surface area contributed by atoms with Crippen LogP contribution < -0.4 is 5.32 Å². The van der Waals surface area contributed by atoms with Gasteiger partial charge in [-0.1, -0.05) is 6.42 Å². The van der Waals surface area contributed by atoms with E-state index in [4.69, 9.17) is 0 Å². The van der Waals surface area contributed by atoms with E-state index in [1.54, 1.807) is 0 Å². The monoisotopic (exact) mass is 293 g/mol. The van der Waals surface area contributed by atoms with Gasteiger partial charge in [0, 0.05) is 13.0 Å². The first-order valence-electron chi connectivity index (χ1n) is 8.10. The molecule has 0 radical (unpaired) electrons. The first kappa shape index (κ1) is 15.9. The summed E-state index contributed by atoms with van der Waals surface area (Å²) in [5, 5.41) is 7.15. The minimum atomic E-state index is -0.0880. The van der Waals surface area contributed by atoms with Crippen molar-refractivity contribution in [3.63, 3.8) is 0 Å². The minimum absolute atomic E-state index is 0.0880. The predicted octanol–water partition coefficient (Wildman–Crippen LogP) is 1.74. The Morgan fingerprint density at radius 2 is 2.14 bits per heavy atom. The van der Waals surface area contributed by atoms with Crippen molar-refractivity contribution in [2.75, 3.05) is 19.6 Å². The smallest absolute Gasteiger partial charge is 0.220 e. The Kier molecular flexibility index (Phi) is 6.17. The highest BCUT2D eigenvalue weighted by atomic mass is 16.1. The molecule has 1 aliphatic rings. The van der Waals surface area contributed by atoms with E-state index in [2.05, 4.69) is 20.3 Å². The van der Waals surface area contributed by atoms with Crippen LogP contribution in [-0.2, 0) is 11.3 Å². The molecule has 6 nitrogen and oxygen atoms in total. The summed E-state index contributed by atoms with van der Waals surface area (Å²) >= 11 is 0. The van der Waals surface area contributed by atoms with Gasteiger partial charge in [-0.15, -0.1) is 0 Å². The Labute approximate surface area is 126 Å². The summed E-state index contributed by atoms with van der Waals surface area (Å²) in [6, 6.07) is -0.0880. The van der Waals surface area contributed by atoms with Crippen LogP contribution >= 0.6 is 0 Å². The summed E-state index contributed by atoms with van der Waals surface area (Å²) in [7, 11) is 0. The largest absolute Gasteiger partial charge is 0.346 e. The summed E-state index contributed by atoms with van der Waals surface area (Å²) in [6.45, 7) is 8.16. The second-order valence-electron chi connectivity index (χ2n) is 5.73. The molecule has 118 valence electrons. The van der Waals surface area contributed by atoms with Gasteiger partial charge in [-0.3, -0.25) is 4.79 Å². The molecule has 1 aromatic rings. The number of piperidine rings is 1. The summed E-state index contributed by atoms with van der Waals surface area (Å²) in [6.07, 6.45) is 7.01. The Hall–Kier alpha value is -1.43. The van der Waals surface area contributed by atoms with E-state index < -0.39 is 0 Å². The van der Waals surface area contributed by atoms with Gasteiger partial charge in [-0.25, -0.2) is 9.67 Å². The summed E-state index contributed by atoms with van der Waals surface area (Å²) in [4.78, 5) is 18.7. The molecule has 0 aliphatic carbocycles. The zero-order valence-corrected chi connectivity index (χ0v) is 13.2. The first-order valence-corrected chi connectivity index (χ1v) is 8.10. The lowest BCUT2D eigenvalue weighted by Crippen LogP contribution is -2.32. The van der Waals surface area contributed by atoms with Crippen molar-refractivity contribution < 1.29 is 4.79 Å². The topological polar surface area (TPSA) is 63.1 Å². The van der Waals surface area contributed by atoms with Gasteiger partial charge >= 0.3 is 0 Å². The number of likely N-dealkylation sites (tertiary alicyclic amines) is 1. The maximum atomic E-state index is 12.0. The molecule has 21 heavy (non-hydrogen) atoms. The van der Waals surface area contributed by atoms with Crippen LogP contribution in [0.4, 0.5) is 0 Å². The summed E-state index contributed by atoms with van der Waals surface area (Å²) in [5.74, 6) is 0.923. The second kappa shape index (κ2) is 8.12. The third kappa shape index (κ3) is 4.81. The van der Waals surface area contributed by atoms with E-state index >= 15 is 0 Å². The Bertz CT molecular complexity index is 439. The van der Waals surface area contributed by atoms with Crippen molar-refractivity contribution in [1.29, 1.82) is 0 Å². The first-order chi connectivity index (χ1) is 10.2. The molecule has 1 N–H and O–H groups in total. The molecule has 2 rings (SSSR count). The van der Waals surface area contributed by atoms with Crippen LogP contribution in [0.1, 0.15) is 57.8 Å². The number of hydrogen-bond acceptors (Lipinski definition) is 4. The standard InChI is InChI=1S/C15H27N5O/c1-3-20-15(16-12-17-20)13(2)18-14(21)8-7-11-19-9-5-4-6-10-19/h12-13H,3-11H2,1-2H3,(H,18,21)/t13-/m0/s1. The van der Waals surface area contributed by atoms with Crippen molar-refractivity contribution in [3.8, 4) is 0 Å². The third-order valence-electron chi connectivity index (χ3n) is 4.04. The lowest BCUT2D eigenvalue weighted by atomic mass is 10.1. The van der Waals surface area contributed by atoms with Crippen molar-refractivity contribution in [2.45, 2.75) is 58.5 Å². The molecule has 2 heterocycles. The molecule has 0 bridgehead atoms. The highest BCUT2D eigenvalue weighted by Crippen LogP contribution is 2.11. The molecule has 0 spiro atoms. The number of hydrogen-bond donors (Lipinski definition) is 1. The van der Waals surface area contributed by atoms with E-state index in [0.29, 0.717) is 6.42 Å². The zero-order valence-electron chi connectivity index (χ0n) is 13.2. The molecule has 1 fully saturated rings. The lowest BCUT2D eigenvalue weighted by molar-refractivity contribution is -0.122. The molecule has 1 amide bonds. The van der Waals surface area contributed by atoms with Gasteiger partial charge in [-0.2, -0.15) is 5.10 Å². The van der Waals surface area contributed by atoms with Gasteiger partial charge < -0.3 is 10.2 Å². The molecule has 6 heteroatoms. The van der Waals surface area contributed by atoms with Gasteiger partial charge in [0.05, 0.1) is 6.04 Å². The minimum Gasteiger partial charge on any atom is -0.346 e. The number of rotatable bonds is 7. The van der Waals surface area contributed by atoms with Crippen LogP contribution in [0.2, 0.25) is 0 Å². The fourth-order valence-corrected chi connectivity index (χ4v) is 2.88. The Balaban J connectivity index is 1.69. The normalized spacial score (nSPS) is 17.6. The average molecular weight is 293 g/mol. The van der Waals surface area contributed by atoms with Crippen molar-refractivity contribution in [3.05, 3.63) is 12.2 Å². The van der Waals surface area contributed by atoms with Gasteiger partial charge in [0.15, 0.2) is 0 Å².